The summed E-state index contributed by atoms with van der Waals surface area (Å²) in [6, 6.07) is 14.0. The molecule has 0 saturated carbocycles. The van der Waals surface area contributed by atoms with E-state index in [9.17, 15) is 14.4 Å². The molecule has 0 spiro atoms. The third kappa shape index (κ3) is 13.8. The molecule has 10 nitrogen and oxygen atoms in total. The van der Waals surface area contributed by atoms with E-state index in [4.69, 9.17) is 14.2 Å². The number of nitrogens with zero attached hydrogens (tertiary/aromatic N) is 4. The van der Waals surface area contributed by atoms with Gasteiger partial charge in [-0.15, -0.1) is 11.3 Å². The lowest BCUT2D eigenvalue weighted by atomic mass is 10.2. The molecule has 1 unspecified atom stereocenters. The fourth-order valence-corrected chi connectivity index (χ4v) is 7.36. The van der Waals surface area contributed by atoms with Gasteiger partial charge in [0.2, 0.25) is 5.91 Å². The third-order valence-electron chi connectivity index (χ3n) is 8.33. The highest BCUT2D eigenvalue weighted by molar-refractivity contribution is 7.10. The van der Waals surface area contributed by atoms with Crippen molar-refractivity contribution in [1.82, 2.24) is 14.7 Å². The summed E-state index contributed by atoms with van der Waals surface area (Å²) < 4.78 is 17.6. The average molecular weight is 719 g/mol. The summed E-state index contributed by atoms with van der Waals surface area (Å²) in [7, 11) is -0.812. The van der Waals surface area contributed by atoms with Crippen LogP contribution in [0.1, 0.15) is 30.7 Å². The summed E-state index contributed by atoms with van der Waals surface area (Å²) in [5.74, 6) is 0.705. The second-order valence-electron chi connectivity index (χ2n) is 14.9. The standard InChI is InChI=1S/C35H58N4O6SSi2/c1-9-37(35(42)44-23-26-48(6,7)8)28-33(40)39-18-12-17-38(20-21-39)29-13-10-14-30(27-29)45-31(32-15-11-24-46-32)16-19-36(2)34(41)43-22-25-47(3,4)5/h10-11,13-15,24,27,31H,9,12,16-23,25-26,28H2,1-8H3. The van der Waals surface area contributed by atoms with E-state index in [2.05, 4.69) is 62.4 Å². The highest BCUT2D eigenvalue weighted by Crippen LogP contribution is 2.31. The van der Waals surface area contributed by atoms with E-state index >= 15 is 0 Å². The fourth-order valence-electron chi connectivity index (χ4n) is 5.14. The molecule has 1 aromatic heterocycles. The molecule has 0 radical (unpaired) electrons. The number of benzene rings is 1. The van der Waals surface area contributed by atoms with Gasteiger partial charge in [-0.25, -0.2) is 9.59 Å². The van der Waals surface area contributed by atoms with Gasteiger partial charge in [-0.2, -0.15) is 0 Å². The maximum absolute atomic E-state index is 13.2. The Morgan fingerprint density at radius 1 is 0.896 bits per heavy atom. The van der Waals surface area contributed by atoms with Gasteiger partial charge in [0.1, 0.15) is 18.4 Å². The Balaban J connectivity index is 1.56. The minimum absolute atomic E-state index is 0.0289. The fraction of sp³-hybridized carbons (Fsp3) is 0.629. The van der Waals surface area contributed by atoms with E-state index in [0.717, 1.165) is 41.4 Å². The van der Waals surface area contributed by atoms with Gasteiger partial charge in [-0.3, -0.25) is 9.69 Å². The van der Waals surface area contributed by atoms with Crippen LogP contribution in [0.2, 0.25) is 51.4 Å². The zero-order valence-electron chi connectivity index (χ0n) is 30.5. The Kier molecular flexibility index (Phi) is 15.3. The van der Waals surface area contributed by atoms with Gasteiger partial charge in [0.05, 0.1) is 13.2 Å². The Morgan fingerprint density at radius 3 is 2.21 bits per heavy atom. The first-order valence-corrected chi connectivity index (χ1v) is 25.6. The van der Waals surface area contributed by atoms with Crippen LogP contribution in [0.5, 0.6) is 5.75 Å². The van der Waals surface area contributed by atoms with E-state index in [0.29, 0.717) is 52.4 Å². The zero-order valence-corrected chi connectivity index (χ0v) is 33.3. The second kappa shape index (κ2) is 18.7. The van der Waals surface area contributed by atoms with E-state index < -0.39 is 22.2 Å². The number of carbonyl (C=O) groups is 3. The van der Waals surface area contributed by atoms with Crippen molar-refractivity contribution < 1.29 is 28.6 Å². The molecule has 0 bridgehead atoms. The smallest absolute Gasteiger partial charge is 0.410 e. The van der Waals surface area contributed by atoms with Crippen molar-refractivity contribution in [3.05, 3.63) is 46.7 Å². The first kappa shape index (κ1) is 39.4. The Morgan fingerprint density at radius 2 is 1.58 bits per heavy atom. The average Bonchev–Trinajstić information content (AvgIpc) is 3.44. The lowest BCUT2D eigenvalue weighted by Crippen LogP contribution is -2.44. The number of hydrogen-bond acceptors (Lipinski definition) is 8. The van der Waals surface area contributed by atoms with Crippen molar-refractivity contribution in [2.75, 3.05) is 71.0 Å². The van der Waals surface area contributed by atoms with Gasteiger partial charge < -0.3 is 28.9 Å². The number of carbonyl (C=O) groups excluding carboxylic acids is 3. The molecule has 1 aliphatic rings. The summed E-state index contributed by atoms with van der Waals surface area (Å²) in [5.41, 5.74) is 1.04. The molecule has 1 aromatic carbocycles. The van der Waals surface area contributed by atoms with Gasteiger partial charge in [0.25, 0.3) is 0 Å². The largest absolute Gasteiger partial charge is 0.485 e. The van der Waals surface area contributed by atoms with Crippen LogP contribution >= 0.6 is 11.3 Å². The quantitative estimate of drug-likeness (QED) is 0.166. The number of hydrogen-bond donors (Lipinski definition) is 0. The summed E-state index contributed by atoms with van der Waals surface area (Å²) >= 11 is 1.64. The number of rotatable bonds is 16. The van der Waals surface area contributed by atoms with Crippen LogP contribution in [0.4, 0.5) is 15.3 Å². The number of ether oxygens (including phenoxy) is 3. The molecule has 0 N–H and O–H groups in total. The SMILES string of the molecule is CCN(CC(=O)N1CCCN(c2cccc(OC(CCN(C)C(=O)OCC[Si](C)(C)C)c3cccs3)c2)CC1)C(=O)OCC[Si](C)(C)C. The lowest BCUT2D eigenvalue weighted by molar-refractivity contribution is -0.131. The molecular formula is C35H58N4O6SSi2. The monoisotopic (exact) mass is 718 g/mol. The van der Waals surface area contributed by atoms with Crippen molar-refractivity contribution in [3.8, 4) is 5.75 Å². The molecule has 268 valence electrons. The molecular weight excluding hydrogens is 661 g/mol. The Labute approximate surface area is 294 Å². The van der Waals surface area contributed by atoms with Gasteiger partial charge in [0.15, 0.2) is 0 Å². The van der Waals surface area contributed by atoms with Crippen LogP contribution in [0.3, 0.4) is 0 Å². The van der Waals surface area contributed by atoms with Crippen LogP contribution in [0, 0.1) is 0 Å². The van der Waals surface area contributed by atoms with Crippen LogP contribution in [0.25, 0.3) is 0 Å². The van der Waals surface area contributed by atoms with Crippen LogP contribution < -0.4 is 9.64 Å². The van der Waals surface area contributed by atoms with Gasteiger partial charge in [0, 0.05) is 85.5 Å². The van der Waals surface area contributed by atoms with E-state index in [1.807, 2.05) is 35.4 Å². The topological polar surface area (TPSA) is 91.9 Å². The second-order valence-corrected chi connectivity index (χ2v) is 27.1. The van der Waals surface area contributed by atoms with Crippen molar-refractivity contribution in [2.24, 2.45) is 0 Å². The molecule has 1 fully saturated rings. The Hall–Kier alpha value is -3.04. The molecule has 2 heterocycles. The van der Waals surface area contributed by atoms with E-state index in [1.165, 1.54) is 4.90 Å². The minimum Gasteiger partial charge on any atom is -0.485 e. The lowest BCUT2D eigenvalue weighted by Gasteiger charge is -2.27. The molecule has 0 aliphatic carbocycles. The number of anilines is 1. The third-order valence-corrected chi connectivity index (χ3v) is 12.7. The summed E-state index contributed by atoms with van der Waals surface area (Å²) in [5, 5.41) is 2.04. The first-order valence-electron chi connectivity index (χ1n) is 17.3. The van der Waals surface area contributed by atoms with Crippen molar-refractivity contribution in [1.29, 1.82) is 0 Å². The zero-order chi connectivity index (χ0) is 35.3. The van der Waals surface area contributed by atoms with Crippen LogP contribution in [0.15, 0.2) is 41.8 Å². The molecule has 13 heteroatoms. The van der Waals surface area contributed by atoms with Gasteiger partial charge in [-0.05, 0) is 49.0 Å². The first-order chi connectivity index (χ1) is 22.6. The minimum atomic E-state index is -1.31. The molecule has 3 amide bonds. The molecule has 1 atom stereocenters. The van der Waals surface area contributed by atoms with Gasteiger partial charge in [-0.1, -0.05) is 51.4 Å². The highest BCUT2D eigenvalue weighted by Gasteiger charge is 2.25. The molecule has 48 heavy (non-hydrogen) atoms. The van der Waals surface area contributed by atoms with E-state index in [-0.39, 0.29) is 24.6 Å². The van der Waals surface area contributed by atoms with Gasteiger partial charge >= 0.3 is 12.2 Å². The van der Waals surface area contributed by atoms with Crippen molar-refractivity contribution in [3.63, 3.8) is 0 Å². The van der Waals surface area contributed by atoms with Crippen LogP contribution in [-0.4, -0.2) is 115 Å². The predicted molar refractivity (Wildman–Crippen MR) is 201 cm³/mol. The normalized spacial score (nSPS) is 14.6. The summed E-state index contributed by atoms with van der Waals surface area (Å²) in [4.78, 5) is 46.9. The highest BCUT2D eigenvalue weighted by atomic mass is 32.1. The molecule has 1 aliphatic heterocycles. The Bertz CT molecular complexity index is 1300. The van der Waals surface area contributed by atoms with Crippen molar-refractivity contribution in [2.45, 2.75) is 77.2 Å². The molecule has 2 aromatic rings. The maximum Gasteiger partial charge on any atom is 0.410 e. The van der Waals surface area contributed by atoms with Crippen molar-refractivity contribution >= 4 is 51.3 Å². The maximum atomic E-state index is 13.2. The summed E-state index contributed by atoms with van der Waals surface area (Å²) in [6.45, 7) is 19.9. The number of likely N-dealkylation sites (N-methyl/N-ethyl adjacent to an activating group) is 1. The summed E-state index contributed by atoms with van der Waals surface area (Å²) in [6.07, 6.45) is 0.530. The molecule has 3 rings (SSSR count). The number of thiophene rings is 1. The molecule has 1 saturated heterocycles. The number of amides is 3. The predicted octanol–water partition coefficient (Wildman–Crippen LogP) is 7.50. The van der Waals surface area contributed by atoms with Crippen LogP contribution in [-0.2, 0) is 14.3 Å². The van der Waals surface area contributed by atoms with E-state index in [1.54, 1.807) is 23.3 Å².